The van der Waals surface area contributed by atoms with Crippen LogP contribution in [0.2, 0.25) is 0 Å². The van der Waals surface area contributed by atoms with Gasteiger partial charge in [0, 0.05) is 25.8 Å². The van der Waals surface area contributed by atoms with Crippen LogP contribution in [0, 0.1) is 5.92 Å². The van der Waals surface area contributed by atoms with Gasteiger partial charge in [-0.05, 0) is 39.0 Å². The highest BCUT2D eigenvalue weighted by Crippen LogP contribution is 2.26. The SMILES string of the molecule is CCOCCCN=C(NN)NC(C)C1CCCCC1. The maximum atomic E-state index is 5.52. The molecule has 0 aromatic heterocycles. The van der Waals surface area contributed by atoms with E-state index in [1.807, 2.05) is 6.92 Å². The predicted molar refractivity (Wildman–Crippen MR) is 79.9 cm³/mol. The molecule has 0 aliphatic heterocycles. The van der Waals surface area contributed by atoms with Crippen LogP contribution in [-0.2, 0) is 4.74 Å². The lowest BCUT2D eigenvalue weighted by Gasteiger charge is -2.29. The van der Waals surface area contributed by atoms with E-state index in [1.165, 1.54) is 32.1 Å². The molecule has 0 spiro atoms. The fourth-order valence-electron chi connectivity index (χ4n) is 2.60. The molecule has 1 atom stereocenters. The topological polar surface area (TPSA) is 71.7 Å². The summed E-state index contributed by atoms with van der Waals surface area (Å²) in [6.07, 6.45) is 7.66. The number of aliphatic imine (C=N–C) groups is 1. The average molecular weight is 270 g/mol. The lowest BCUT2D eigenvalue weighted by Crippen LogP contribution is -2.48. The Kier molecular flexibility index (Phi) is 8.58. The van der Waals surface area contributed by atoms with Crippen molar-refractivity contribution in [2.45, 2.75) is 58.4 Å². The Hall–Kier alpha value is -0.810. The first kappa shape index (κ1) is 16.2. The molecule has 0 saturated heterocycles. The van der Waals surface area contributed by atoms with E-state index in [0.29, 0.717) is 12.0 Å². The zero-order valence-electron chi connectivity index (χ0n) is 12.5. The van der Waals surface area contributed by atoms with E-state index in [2.05, 4.69) is 22.7 Å². The van der Waals surface area contributed by atoms with Crippen LogP contribution in [0.3, 0.4) is 0 Å². The van der Waals surface area contributed by atoms with E-state index >= 15 is 0 Å². The second-order valence-electron chi connectivity index (χ2n) is 5.26. The normalized spacial score (nSPS) is 19.2. The molecule has 1 fully saturated rings. The maximum Gasteiger partial charge on any atom is 0.205 e. The molecule has 1 aliphatic carbocycles. The third-order valence-electron chi connectivity index (χ3n) is 3.78. The van der Waals surface area contributed by atoms with Gasteiger partial charge in [-0.25, -0.2) is 5.84 Å². The molecular weight excluding hydrogens is 240 g/mol. The van der Waals surface area contributed by atoms with Gasteiger partial charge >= 0.3 is 0 Å². The molecule has 1 aliphatic rings. The van der Waals surface area contributed by atoms with E-state index in [1.54, 1.807) is 0 Å². The molecule has 0 amide bonds. The van der Waals surface area contributed by atoms with Gasteiger partial charge in [-0.1, -0.05) is 19.3 Å². The zero-order chi connectivity index (χ0) is 13.9. The van der Waals surface area contributed by atoms with Crippen molar-refractivity contribution in [1.29, 1.82) is 0 Å². The van der Waals surface area contributed by atoms with Gasteiger partial charge in [0.25, 0.3) is 0 Å². The minimum absolute atomic E-state index is 0.432. The largest absolute Gasteiger partial charge is 0.382 e. The molecule has 112 valence electrons. The van der Waals surface area contributed by atoms with Crippen molar-refractivity contribution < 1.29 is 4.74 Å². The maximum absolute atomic E-state index is 5.52. The number of hydrogen-bond acceptors (Lipinski definition) is 3. The summed E-state index contributed by atoms with van der Waals surface area (Å²) in [5.74, 6) is 6.97. The monoisotopic (exact) mass is 270 g/mol. The van der Waals surface area contributed by atoms with Crippen molar-refractivity contribution in [2.24, 2.45) is 16.8 Å². The molecule has 1 saturated carbocycles. The lowest BCUT2D eigenvalue weighted by molar-refractivity contribution is 0.146. The van der Waals surface area contributed by atoms with Gasteiger partial charge < -0.3 is 10.1 Å². The van der Waals surface area contributed by atoms with E-state index in [-0.39, 0.29) is 0 Å². The minimum Gasteiger partial charge on any atom is -0.382 e. The highest BCUT2D eigenvalue weighted by atomic mass is 16.5. The Morgan fingerprint density at radius 1 is 1.37 bits per heavy atom. The Balaban J connectivity index is 2.27. The summed E-state index contributed by atoms with van der Waals surface area (Å²) in [6, 6.07) is 0.432. The van der Waals surface area contributed by atoms with Crippen LogP contribution < -0.4 is 16.6 Å². The lowest BCUT2D eigenvalue weighted by atomic mass is 9.85. The molecule has 0 radical (unpaired) electrons. The van der Waals surface area contributed by atoms with Crippen LogP contribution in [0.5, 0.6) is 0 Å². The molecule has 4 N–H and O–H groups in total. The second-order valence-corrected chi connectivity index (χ2v) is 5.26. The van der Waals surface area contributed by atoms with Gasteiger partial charge in [0.1, 0.15) is 0 Å². The van der Waals surface area contributed by atoms with E-state index in [0.717, 1.165) is 32.1 Å². The van der Waals surface area contributed by atoms with Crippen LogP contribution in [-0.4, -0.2) is 31.8 Å². The summed E-state index contributed by atoms with van der Waals surface area (Å²) in [4.78, 5) is 4.44. The number of guanidine groups is 1. The predicted octanol–water partition coefficient (Wildman–Crippen LogP) is 1.79. The summed E-state index contributed by atoms with van der Waals surface area (Å²) in [7, 11) is 0. The fourth-order valence-corrected chi connectivity index (χ4v) is 2.60. The first-order chi connectivity index (χ1) is 9.27. The van der Waals surface area contributed by atoms with Gasteiger partial charge in [-0.2, -0.15) is 0 Å². The van der Waals surface area contributed by atoms with Crippen molar-refractivity contribution in [3.8, 4) is 0 Å². The number of hydrazine groups is 1. The number of nitrogens with zero attached hydrogens (tertiary/aromatic N) is 1. The summed E-state index contributed by atoms with van der Waals surface area (Å²) in [6.45, 7) is 6.50. The zero-order valence-corrected chi connectivity index (χ0v) is 12.5. The fraction of sp³-hybridized carbons (Fsp3) is 0.929. The van der Waals surface area contributed by atoms with Crippen LogP contribution in [0.4, 0.5) is 0 Å². The van der Waals surface area contributed by atoms with Crippen molar-refractivity contribution in [3.05, 3.63) is 0 Å². The summed E-state index contributed by atoms with van der Waals surface area (Å²) in [5.41, 5.74) is 2.66. The Labute approximate surface area is 117 Å². The number of hydrogen-bond donors (Lipinski definition) is 3. The standard InChI is InChI=1S/C14H30N4O/c1-3-19-11-7-10-16-14(18-15)17-12(2)13-8-5-4-6-9-13/h12-13H,3-11,15H2,1-2H3,(H2,16,17,18). The average Bonchev–Trinajstić information content (AvgIpc) is 2.46. The van der Waals surface area contributed by atoms with Crippen LogP contribution in [0.15, 0.2) is 4.99 Å². The molecule has 0 bridgehead atoms. The van der Waals surface area contributed by atoms with Gasteiger partial charge in [-0.15, -0.1) is 0 Å². The van der Waals surface area contributed by atoms with Crippen molar-refractivity contribution in [3.63, 3.8) is 0 Å². The van der Waals surface area contributed by atoms with Crippen molar-refractivity contribution in [2.75, 3.05) is 19.8 Å². The summed E-state index contributed by atoms with van der Waals surface area (Å²) < 4.78 is 5.28. The van der Waals surface area contributed by atoms with Gasteiger partial charge in [0.15, 0.2) is 0 Å². The summed E-state index contributed by atoms with van der Waals surface area (Å²) >= 11 is 0. The number of nitrogens with one attached hydrogen (secondary N) is 2. The first-order valence-electron chi connectivity index (χ1n) is 7.63. The molecule has 0 aromatic rings. The first-order valence-corrected chi connectivity index (χ1v) is 7.63. The van der Waals surface area contributed by atoms with Crippen molar-refractivity contribution >= 4 is 5.96 Å². The van der Waals surface area contributed by atoms with E-state index in [4.69, 9.17) is 10.6 Å². The van der Waals surface area contributed by atoms with E-state index < -0.39 is 0 Å². The Morgan fingerprint density at radius 2 is 2.11 bits per heavy atom. The van der Waals surface area contributed by atoms with E-state index in [9.17, 15) is 0 Å². The Morgan fingerprint density at radius 3 is 2.74 bits per heavy atom. The van der Waals surface area contributed by atoms with Gasteiger partial charge in [0.05, 0.1) is 0 Å². The van der Waals surface area contributed by atoms with Crippen LogP contribution in [0.1, 0.15) is 52.4 Å². The quantitative estimate of drug-likeness (QED) is 0.217. The molecule has 0 aromatic carbocycles. The highest BCUT2D eigenvalue weighted by molar-refractivity contribution is 5.79. The van der Waals surface area contributed by atoms with Crippen LogP contribution >= 0.6 is 0 Å². The van der Waals surface area contributed by atoms with Crippen molar-refractivity contribution in [1.82, 2.24) is 10.7 Å². The smallest absolute Gasteiger partial charge is 0.205 e. The highest BCUT2D eigenvalue weighted by Gasteiger charge is 2.20. The summed E-state index contributed by atoms with van der Waals surface area (Å²) in [5, 5.41) is 3.40. The molecular formula is C14H30N4O. The number of nitrogens with two attached hydrogens (primary N) is 1. The van der Waals surface area contributed by atoms with Gasteiger partial charge in [-0.3, -0.25) is 10.4 Å². The van der Waals surface area contributed by atoms with Crippen LogP contribution in [0.25, 0.3) is 0 Å². The van der Waals surface area contributed by atoms with Gasteiger partial charge in [0.2, 0.25) is 5.96 Å². The number of rotatable bonds is 7. The molecule has 5 heteroatoms. The molecule has 1 unspecified atom stereocenters. The third-order valence-corrected chi connectivity index (χ3v) is 3.78. The second kappa shape index (κ2) is 10.0. The molecule has 1 rings (SSSR count). The molecule has 0 heterocycles. The number of ether oxygens (including phenoxy) is 1. The Bertz CT molecular complexity index is 252. The molecule has 19 heavy (non-hydrogen) atoms. The molecule has 5 nitrogen and oxygen atoms in total. The minimum atomic E-state index is 0.432. The third kappa shape index (κ3) is 6.78.